The summed E-state index contributed by atoms with van der Waals surface area (Å²) in [6, 6.07) is 10.9. The number of nitrogens with zero attached hydrogens (tertiary/aromatic N) is 1. The number of benzene rings is 1. The van der Waals surface area contributed by atoms with Gasteiger partial charge in [-0.1, -0.05) is 12.1 Å². The molecule has 0 atom stereocenters. The van der Waals surface area contributed by atoms with Crippen LogP contribution >= 0.6 is 15.9 Å². The molecule has 1 aromatic carbocycles. The molecule has 5 nitrogen and oxygen atoms in total. The lowest BCUT2D eigenvalue weighted by molar-refractivity contribution is -0.123. The van der Waals surface area contributed by atoms with Gasteiger partial charge < -0.3 is 9.15 Å². The first kappa shape index (κ1) is 14.3. The van der Waals surface area contributed by atoms with Crippen LogP contribution in [0.2, 0.25) is 0 Å². The number of rotatable bonds is 5. The summed E-state index contributed by atoms with van der Waals surface area (Å²) in [6.07, 6.45) is 1.41. The molecule has 0 saturated heterocycles. The van der Waals surface area contributed by atoms with Gasteiger partial charge in [-0.25, -0.2) is 5.43 Å². The Morgan fingerprint density at radius 3 is 3.00 bits per heavy atom. The highest BCUT2D eigenvalue weighted by Gasteiger charge is 2.01. The van der Waals surface area contributed by atoms with Gasteiger partial charge in [-0.3, -0.25) is 4.79 Å². The molecule has 2 aromatic rings. The van der Waals surface area contributed by atoms with Crippen LogP contribution in [0.3, 0.4) is 0 Å². The molecule has 20 heavy (non-hydrogen) atoms. The normalized spacial score (nSPS) is 10.7. The highest BCUT2D eigenvalue weighted by atomic mass is 79.9. The van der Waals surface area contributed by atoms with Gasteiger partial charge in [-0.2, -0.15) is 5.10 Å². The van der Waals surface area contributed by atoms with Crippen molar-refractivity contribution in [3.05, 3.63) is 52.4 Å². The number of nitrogens with one attached hydrogen (secondary N) is 1. The average Bonchev–Trinajstić information content (AvgIpc) is 2.82. The molecule has 1 amide bonds. The number of carbonyl (C=O) groups is 1. The summed E-state index contributed by atoms with van der Waals surface area (Å²) >= 11 is 3.17. The molecule has 0 spiro atoms. The Balaban J connectivity index is 1.77. The molecule has 0 radical (unpaired) electrons. The summed E-state index contributed by atoms with van der Waals surface area (Å²) in [5.74, 6) is 0.851. The number of ether oxygens (including phenoxy) is 1. The minimum atomic E-state index is -0.339. The lowest BCUT2D eigenvalue weighted by Crippen LogP contribution is -2.24. The van der Waals surface area contributed by atoms with E-state index in [4.69, 9.17) is 9.15 Å². The van der Waals surface area contributed by atoms with Crippen molar-refractivity contribution in [2.75, 3.05) is 6.61 Å². The minimum absolute atomic E-state index is 0.0946. The number of furan rings is 1. The van der Waals surface area contributed by atoms with Gasteiger partial charge in [0.25, 0.3) is 5.91 Å². The Morgan fingerprint density at radius 1 is 1.45 bits per heavy atom. The smallest absolute Gasteiger partial charge is 0.277 e. The summed E-state index contributed by atoms with van der Waals surface area (Å²) in [6.45, 7) is 1.86. The van der Waals surface area contributed by atoms with Gasteiger partial charge >= 0.3 is 0 Å². The van der Waals surface area contributed by atoms with Gasteiger partial charge in [0, 0.05) is 0 Å². The second-order valence-corrected chi connectivity index (χ2v) is 4.82. The van der Waals surface area contributed by atoms with Crippen LogP contribution in [0.25, 0.3) is 0 Å². The predicted octanol–water partition coefficient (Wildman–Crippen LogP) is 2.88. The largest absolute Gasteiger partial charge is 0.484 e. The summed E-state index contributed by atoms with van der Waals surface area (Å²) < 4.78 is 11.1. The Morgan fingerprint density at radius 2 is 2.30 bits per heavy atom. The first-order valence-corrected chi connectivity index (χ1v) is 6.69. The second kappa shape index (κ2) is 6.91. The molecule has 0 unspecified atom stereocenters. The van der Waals surface area contributed by atoms with Crippen LogP contribution in [0.1, 0.15) is 11.3 Å². The molecule has 0 aliphatic rings. The van der Waals surface area contributed by atoms with Crippen LogP contribution in [0.15, 0.2) is 50.6 Å². The Bertz CT molecular complexity index is 622. The molecular formula is C14H13BrN2O3. The number of aryl methyl sites for hydroxylation is 1. The van der Waals surface area contributed by atoms with Gasteiger partial charge in [-0.05, 0) is 52.7 Å². The van der Waals surface area contributed by atoms with E-state index in [2.05, 4.69) is 26.5 Å². The summed E-state index contributed by atoms with van der Waals surface area (Å²) in [5.41, 5.74) is 3.43. The molecule has 1 N–H and O–H groups in total. The quantitative estimate of drug-likeness (QED) is 0.674. The van der Waals surface area contributed by atoms with E-state index in [1.54, 1.807) is 18.2 Å². The van der Waals surface area contributed by atoms with E-state index in [0.29, 0.717) is 16.2 Å². The van der Waals surface area contributed by atoms with Crippen molar-refractivity contribution < 1.29 is 13.9 Å². The van der Waals surface area contributed by atoms with Crippen molar-refractivity contribution in [2.24, 2.45) is 5.10 Å². The van der Waals surface area contributed by atoms with Gasteiger partial charge in [0.15, 0.2) is 11.3 Å². The molecule has 6 heteroatoms. The van der Waals surface area contributed by atoms with E-state index in [0.717, 1.165) is 5.56 Å². The zero-order valence-corrected chi connectivity index (χ0v) is 12.4. The molecule has 1 aromatic heterocycles. The fraction of sp³-hybridized carbons (Fsp3) is 0.143. The molecule has 0 aliphatic carbocycles. The zero-order valence-electron chi connectivity index (χ0n) is 10.8. The Kier molecular flexibility index (Phi) is 4.95. The maximum Gasteiger partial charge on any atom is 0.277 e. The Labute approximate surface area is 124 Å². The van der Waals surface area contributed by atoms with Crippen molar-refractivity contribution >= 4 is 28.1 Å². The summed E-state index contributed by atoms with van der Waals surface area (Å²) in [7, 11) is 0. The summed E-state index contributed by atoms with van der Waals surface area (Å²) in [5, 5.41) is 3.77. The van der Waals surface area contributed by atoms with E-state index in [1.165, 1.54) is 6.21 Å². The van der Waals surface area contributed by atoms with Crippen LogP contribution in [-0.4, -0.2) is 18.7 Å². The third kappa shape index (κ3) is 4.55. The molecule has 0 saturated carbocycles. The number of hydrogen-bond acceptors (Lipinski definition) is 4. The number of carbonyl (C=O) groups excluding carboxylic acids is 1. The van der Waals surface area contributed by atoms with Gasteiger partial charge in [0.2, 0.25) is 0 Å². The van der Waals surface area contributed by atoms with Crippen molar-refractivity contribution in [1.82, 2.24) is 5.43 Å². The van der Waals surface area contributed by atoms with Crippen LogP contribution in [0, 0.1) is 6.92 Å². The van der Waals surface area contributed by atoms with E-state index in [1.807, 2.05) is 25.1 Å². The minimum Gasteiger partial charge on any atom is -0.484 e. The van der Waals surface area contributed by atoms with Crippen LogP contribution < -0.4 is 10.2 Å². The monoisotopic (exact) mass is 336 g/mol. The SMILES string of the molecule is Cc1cccc(OCC(=O)NN=Cc2ccc(Br)o2)c1. The maximum atomic E-state index is 11.5. The zero-order chi connectivity index (χ0) is 14.4. The molecular weight excluding hydrogens is 324 g/mol. The lowest BCUT2D eigenvalue weighted by Gasteiger charge is -2.05. The van der Waals surface area contributed by atoms with Gasteiger partial charge in [-0.15, -0.1) is 0 Å². The third-order valence-corrected chi connectivity index (χ3v) is 2.76. The number of amides is 1. The third-order valence-electron chi connectivity index (χ3n) is 2.33. The van der Waals surface area contributed by atoms with E-state index in [9.17, 15) is 4.79 Å². The standard InChI is InChI=1S/C14H13BrN2O3/c1-10-3-2-4-11(7-10)19-9-14(18)17-16-8-12-5-6-13(15)20-12/h2-8H,9H2,1H3,(H,17,18). The van der Waals surface area contributed by atoms with Crippen LogP contribution in [0.4, 0.5) is 0 Å². The first-order chi connectivity index (χ1) is 9.63. The van der Waals surface area contributed by atoms with Gasteiger partial charge in [0.05, 0.1) is 6.21 Å². The van der Waals surface area contributed by atoms with Gasteiger partial charge in [0.1, 0.15) is 11.5 Å². The summed E-state index contributed by atoms with van der Waals surface area (Å²) in [4.78, 5) is 11.5. The molecule has 0 bridgehead atoms. The van der Waals surface area contributed by atoms with E-state index in [-0.39, 0.29) is 12.5 Å². The first-order valence-electron chi connectivity index (χ1n) is 5.90. The average molecular weight is 337 g/mol. The van der Waals surface area contributed by atoms with Crippen molar-refractivity contribution in [3.63, 3.8) is 0 Å². The van der Waals surface area contributed by atoms with Crippen molar-refractivity contribution in [2.45, 2.75) is 6.92 Å². The predicted molar refractivity (Wildman–Crippen MR) is 78.8 cm³/mol. The highest BCUT2D eigenvalue weighted by molar-refractivity contribution is 9.10. The molecule has 0 fully saturated rings. The fourth-order valence-corrected chi connectivity index (χ4v) is 1.77. The lowest BCUT2D eigenvalue weighted by atomic mass is 10.2. The van der Waals surface area contributed by atoms with Crippen LogP contribution in [0.5, 0.6) is 5.75 Å². The van der Waals surface area contributed by atoms with E-state index >= 15 is 0 Å². The fourth-order valence-electron chi connectivity index (χ4n) is 1.45. The number of hydrogen-bond donors (Lipinski definition) is 1. The highest BCUT2D eigenvalue weighted by Crippen LogP contribution is 2.12. The number of hydrazone groups is 1. The van der Waals surface area contributed by atoms with Crippen molar-refractivity contribution in [1.29, 1.82) is 0 Å². The number of halogens is 1. The molecule has 2 rings (SSSR count). The van der Waals surface area contributed by atoms with E-state index < -0.39 is 0 Å². The maximum absolute atomic E-state index is 11.5. The topological polar surface area (TPSA) is 63.8 Å². The molecule has 104 valence electrons. The molecule has 1 heterocycles. The van der Waals surface area contributed by atoms with Crippen LogP contribution in [-0.2, 0) is 4.79 Å². The molecule has 0 aliphatic heterocycles. The second-order valence-electron chi connectivity index (χ2n) is 4.04. The van der Waals surface area contributed by atoms with Crippen molar-refractivity contribution in [3.8, 4) is 5.75 Å². The Hall–Kier alpha value is -2.08.